The maximum absolute atomic E-state index is 13.0. The summed E-state index contributed by atoms with van der Waals surface area (Å²) < 4.78 is 5.62. The van der Waals surface area contributed by atoms with Crippen molar-refractivity contribution in [2.45, 2.75) is 52.0 Å². The van der Waals surface area contributed by atoms with Crippen LogP contribution >= 0.6 is 0 Å². The van der Waals surface area contributed by atoms with Gasteiger partial charge in [-0.15, -0.1) is 0 Å². The van der Waals surface area contributed by atoms with Gasteiger partial charge in [0.1, 0.15) is 12.6 Å². The Morgan fingerprint density at radius 2 is 1.57 bits per heavy atom. The summed E-state index contributed by atoms with van der Waals surface area (Å²) in [6.45, 7) is 5.74. The van der Waals surface area contributed by atoms with Crippen molar-refractivity contribution in [3.8, 4) is 11.1 Å². The van der Waals surface area contributed by atoms with Crippen LogP contribution in [0.3, 0.4) is 0 Å². The number of benzene rings is 2. The van der Waals surface area contributed by atoms with Gasteiger partial charge in [-0.3, -0.25) is 9.59 Å². The number of hydrogen-bond donors (Lipinski definition) is 3. The van der Waals surface area contributed by atoms with E-state index in [0.29, 0.717) is 12.3 Å². The first-order valence-corrected chi connectivity index (χ1v) is 12.3. The van der Waals surface area contributed by atoms with Gasteiger partial charge in [0, 0.05) is 12.5 Å². The summed E-state index contributed by atoms with van der Waals surface area (Å²) in [5.41, 5.74) is 3.92. The van der Waals surface area contributed by atoms with Gasteiger partial charge in [-0.25, -0.2) is 4.79 Å². The number of hydrogen-bond acceptors (Lipinski definition) is 4. The summed E-state index contributed by atoms with van der Waals surface area (Å²) in [5, 5.41) is 14.9. The second-order valence-electron chi connectivity index (χ2n) is 10.7. The Balaban J connectivity index is 1.37. The summed E-state index contributed by atoms with van der Waals surface area (Å²) >= 11 is 0. The lowest BCUT2D eigenvalue weighted by atomic mass is 9.86. The van der Waals surface area contributed by atoms with Crippen LogP contribution in [0.15, 0.2) is 48.5 Å². The van der Waals surface area contributed by atoms with E-state index in [1.807, 2.05) is 57.2 Å². The highest BCUT2D eigenvalue weighted by Crippen LogP contribution is 2.44. The van der Waals surface area contributed by atoms with Gasteiger partial charge in [0.15, 0.2) is 0 Å². The van der Waals surface area contributed by atoms with E-state index < -0.39 is 35.3 Å². The Morgan fingerprint density at radius 1 is 1.00 bits per heavy atom. The molecule has 4 rings (SSSR count). The van der Waals surface area contributed by atoms with E-state index in [2.05, 4.69) is 22.8 Å². The van der Waals surface area contributed by atoms with E-state index in [-0.39, 0.29) is 19.1 Å². The molecule has 2 amide bonds. The zero-order valence-electron chi connectivity index (χ0n) is 20.5. The summed E-state index contributed by atoms with van der Waals surface area (Å²) in [5.74, 6) is -1.58. The average molecular weight is 479 g/mol. The van der Waals surface area contributed by atoms with Gasteiger partial charge in [-0.2, -0.15) is 0 Å². The monoisotopic (exact) mass is 478 g/mol. The first-order valence-electron chi connectivity index (χ1n) is 12.3. The fraction of sp³-hybridized carbons (Fsp3) is 0.464. The molecule has 0 spiro atoms. The van der Waals surface area contributed by atoms with Crippen LogP contribution in [-0.4, -0.2) is 42.3 Å². The largest absolute Gasteiger partial charge is 0.481 e. The van der Waals surface area contributed by atoms with Gasteiger partial charge in [0.05, 0.1) is 5.92 Å². The zero-order valence-corrected chi connectivity index (χ0v) is 20.5. The lowest BCUT2D eigenvalue weighted by Crippen LogP contribution is -2.54. The Bertz CT molecular complexity index is 1060. The number of amides is 2. The van der Waals surface area contributed by atoms with Crippen LogP contribution < -0.4 is 10.6 Å². The van der Waals surface area contributed by atoms with Crippen molar-refractivity contribution in [2.24, 2.45) is 17.3 Å². The predicted molar refractivity (Wildman–Crippen MR) is 133 cm³/mol. The number of rotatable bonds is 9. The highest BCUT2D eigenvalue weighted by atomic mass is 16.5. The predicted octanol–water partition coefficient (Wildman–Crippen LogP) is 4.56. The molecule has 2 aromatic carbocycles. The molecule has 7 nitrogen and oxygen atoms in total. The number of nitrogens with one attached hydrogen (secondary N) is 2. The van der Waals surface area contributed by atoms with Crippen molar-refractivity contribution >= 4 is 18.0 Å². The number of carbonyl (C=O) groups is 3. The van der Waals surface area contributed by atoms with Crippen molar-refractivity contribution < 1.29 is 24.2 Å². The Hall–Kier alpha value is -3.35. The van der Waals surface area contributed by atoms with Crippen molar-refractivity contribution in [3.05, 3.63) is 59.7 Å². The van der Waals surface area contributed by atoms with E-state index in [4.69, 9.17) is 4.74 Å². The molecule has 3 N–H and O–H groups in total. The van der Waals surface area contributed by atoms with E-state index >= 15 is 0 Å². The van der Waals surface area contributed by atoms with E-state index in [1.54, 1.807) is 0 Å². The third-order valence-electron chi connectivity index (χ3n) is 6.92. The maximum atomic E-state index is 13.0. The molecule has 0 saturated heterocycles. The molecule has 0 bridgehead atoms. The SMILES string of the molecule is CC(C)(C)[C@@H](NC(=O)OCC1c2ccccc2-c2ccccc21)C(=O)NCC(CC1CC1)C(=O)O. The Labute approximate surface area is 206 Å². The second-order valence-corrected chi connectivity index (χ2v) is 10.7. The second kappa shape index (κ2) is 10.1. The highest BCUT2D eigenvalue weighted by Gasteiger charge is 2.36. The summed E-state index contributed by atoms with van der Waals surface area (Å²) in [7, 11) is 0. The van der Waals surface area contributed by atoms with Gasteiger partial charge in [0.25, 0.3) is 0 Å². The summed E-state index contributed by atoms with van der Waals surface area (Å²) in [4.78, 5) is 37.3. The number of carbonyl (C=O) groups excluding carboxylic acids is 2. The smallest absolute Gasteiger partial charge is 0.407 e. The van der Waals surface area contributed by atoms with Gasteiger partial charge >= 0.3 is 12.1 Å². The number of carboxylic acid groups (broad SMARTS) is 1. The van der Waals surface area contributed by atoms with Gasteiger partial charge in [-0.05, 0) is 40.0 Å². The van der Waals surface area contributed by atoms with Crippen LogP contribution in [0.5, 0.6) is 0 Å². The normalized spacial score (nSPS) is 16.5. The fourth-order valence-corrected chi connectivity index (χ4v) is 4.79. The van der Waals surface area contributed by atoms with Gasteiger partial charge in [0.2, 0.25) is 5.91 Å². The lowest BCUT2D eigenvalue weighted by molar-refractivity contribution is -0.142. The minimum absolute atomic E-state index is 0.0453. The number of aliphatic carboxylic acids is 1. The third kappa shape index (κ3) is 5.84. The molecule has 35 heavy (non-hydrogen) atoms. The standard InChI is InChI=1S/C28H34N2O5/c1-28(2,3)24(25(31)29-15-18(26(32)33)14-17-12-13-17)30-27(34)35-16-23-21-10-6-4-8-19(21)20-9-5-7-11-22(20)23/h4-11,17-18,23-24H,12-16H2,1-3H3,(H,29,31)(H,30,34)(H,32,33)/t18?,24-/m0/s1. The van der Waals surface area contributed by atoms with E-state index in [0.717, 1.165) is 35.1 Å². The molecule has 2 aliphatic carbocycles. The average Bonchev–Trinajstić information content (AvgIpc) is 3.58. The number of alkyl carbamates (subject to hydrolysis) is 1. The highest BCUT2D eigenvalue weighted by molar-refractivity contribution is 5.87. The van der Waals surface area contributed by atoms with Crippen LogP contribution in [0.2, 0.25) is 0 Å². The zero-order chi connectivity index (χ0) is 25.2. The molecular weight excluding hydrogens is 444 g/mol. The number of carboxylic acids is 1. The third-order valence-corrected chi connectivity index (χ3v) is 6.92. The molecule has 1 unspecified atom stereocenters. The van der Waals surface area contributed by atoms with Gasteiger partial charge < -0.3 is 20.5 Å². The molecule has 0 heterocycles. The molecule has 2 aliphatic rings. The van der Waals surface area contributed by atoms with Crippen LogP contribution in [0, 0.1) is 17.3 Å². The van der Waals surface area contributed by atoms with E-state index in [9.17, 15) is 19.5 Å². The first kappa shape index (κ1) is 24.8. The fourth-order valence-electron chi connectivity index (χ4n) is 4.79. The summed E-state index contributed by atoms with van der Waals surface area (Å²) in [6, 6.07) is 15.3. The Morgan fingerprint density at radius 3 is 2.09 bits per heavy atom. The van der Waals surface area contributed by atoms with Crippen molar-refractivity contribution in [3.63, 3.8) is 0 Å². The molecular formula is C28H34N2O5. The van der Waals surface area contributed by atoms with Crippen LogP contribution in [-0.2, 0) is 14.3 Å². The number of fused-ring (bicyclic) bond motifs is 3. The minimum Gasteiger partial charge on any atom is -0.481 e. The molecule has 0 radical (unpaired) electrons. The van der Waals surface area contributed by atoms with Crippen molar-refractivity contribution in [1.29, 1.82) is 0 Å². The van der Waals surface area contributed by atoms with Crippen LogP contribution in [0.25, 0.3) is 11.1 Å². The topological polar surface area (TPSA) is 105 Å². The molecule has 1 fully saturated rings. The Kier molecular flexibility index (Phi) is 7.15. The summed E-state index contributed by atoms with van der Waals surface area (Å²) in [6.07, 6.45) is 1.99. The van der Waals surface area contributed by atoms with Crippen molar-refractivity contribution in [1.82, 2.24) is 10.6 Å². The van der Waals surface area contributed by atoms with Crippen molar-refractivity contribution in [2.75, 3.05) is 13.2 Å². The quantitative estimate of drug-likeness (QED) is 0.490. The number of ether oxygens (including phenoxy) is 1. The van der Waals surface area contributed by atoms with Crippen LogP contribution in [0.4, 0.5) is 4.79 Å². The molecule has 7 heteroatoms. The molecule has 2 atom stereocenters. The van der Waals surface area contributed by atoms with Gasteiger partial charge in [-0.1, -0.05) is 82.1 Å². The minimum atomic E-state index is -0.908. The molecule has 2 aromatic rings. The molecule has 1 saturated carbocycles. The van der Waals surface area contributed by atoms with Crippen LogP contribution in [0.1, 0.15) is 57.1 Å². The lowest BCUT2D eigenvalue weighted by Gasteiger charge is -2.30. The van der Waals surface area contributed by atoms with E-state index in [1.165, 1.54) is 0 Å². The first-order chi connectivity index (χ1) is 16.6. The molecule has 0 aromatic heterocycles. The molecule has 0 aliphatic heterocycles. The maximum Gasteiger partial charge on any atom is 0.407 e. The molecule has 186 valence electrons.